The fourth-order valence-corrected chi connectivity index (χ4v) is 4.93. The van der Waals surface area contributed by atoms with Crippen LogP contribution >= 0.6 is 7.26 Å². The van der Waals surface area contributed by atoms with E-state index in [1.807, 2.05) is 0 Å². The summed E-state index contributed by atoms with van der Waals surface area (Å²) in [5.74, 6) is 0. The summed E-state index contributed by atoms with van der Waals surface area (Å²) in [5, 5.41) is 8.41. The van der Waals surface area contributed by atoms with Crippen LogP contribution in [0, 0.1) is 11.3 Å². The van der Waals surface area contributed by atoms with Gasteiger partial charge in [0, 0.05) is 13.9 Å². The molecule has 2 nitrogen and oxygen atoms in total. The summed E-state index contributed by atoms with van der Waals surface area (Å²) in [7, 11) is 2.69. The standard InChI is InChI=1S/C8H15NP.BO.FH/c1-10(8-4-5-9)6-2-3-7-10;1-2;/h2-4,6-8H2,1H3;;1H/q+1;;/i/hD. The van der Waals surface area contributed by atoms with Crippen molar-refractivity contribution in [3.8, 4) is 6.07 Å². The van der Waals surface area contributed by atoms with Gasteiger partial charge in [-0.15, -0.1) is 0 Å². The third-order valence-corrected chi connectivity index (χ3v) is 6.50. The number of hydrogen-bond donors (Lipinski definition) is 0. The molecule has 0 aromatic carbocycles. The molecule has 1 radical (unpaired) electrons. The molecular formula is C8H16BFNOP+. The van der Waals surface area contributed by atoms with Crippen molar-refractivity contribution < 1.29 is 9.42 Å². The van der Waals surface area contributed by atoms with Crippen molar-refractivity contribution in [3.63, 3.8) is 0 Å². The van der Waals surface area contributed by atoms with Crippen LogP contribution in [0.25, 0.3) is 0 Å². The van der Waals surface area contributed by atoms with Crippen molar-refractivity contribution in [2.24, 2.45) is 0 Å². The predicted molar refractivity (Wildman–Crippen MR) is 55.9 cm³/mol. The van der Waals surface area contributed by atoms with Crippen LogP contribution in [0.5, 0.6) is 0 Å². The Bertz CT molecular complexity index is 173. The molecule has 0 unspecified atom stereocenters. The van der Waals surface area contributed by atoms with Gasteiger partial charge in [0.1, 0.15) is 0 Å². The zero-order valence-electron chi connectivity index (χ0n) is 9.00. The maximum atomic E-state index is 8.75. The zero-order chi connectivity index (χ0) is 11.4. The van der Waals surface area contributed by atoms with E-state index < -0.39 is 7.26 Å². The Kier molecular flexibility index (Phi) is 8.14. The van der Waals surface area contributed by atoms with E-state index in [4.69, 9.17) is 14.7 Å². The van der Waals surface area contributed by atoms with Crippen LogP contribution in [0.4, 0.5) is 4.72 Å². The predicted octanol–water partition coefficient (Wildman–Crippen LogP) is 1.99. The van der Waals surface area contributed by atoms with Gasteiger partial charge in [0.15, 0.2) is 0 Å². The maximum absolute atomic E-state index is 8.75. The van der Waals surface area contributed by atoms with Crippen LogP contribution in [0.1, 0.15) is 19.3 Å². The van der Waals surface area contributed by atoms with Crippen LogP contribution < -0.4 is 0 Å². The van der Waals surface area contributed by atoms with Crippen molar-refractivity contribution in [1.29, 1.82) is 6.71 Å². The molecule has 73 valence electrons. The van der Waals surface area contributed by atoms with E-state index in [9.17, 15) is 0 Å². The molecule has 0 aromatic rings. The number of hydrogen-bond acceptors (Lipinski definition) is 2. The monoisotopic (exact) mass is 204 g/mol. The Balaban J connectivity index is 0. The second-order valence-electron chi connectivity index (χ2n) is 3.41. The average Bonchev–Trinajstić information content (AvgIpc) is 2.69. The van der Waals surface area contributed by atoms with E-state index in [-0.39, 0.29) is 0 Å². The van der Waals surface area contributed by atoms with Gasteiger partial charge < -0.3 is 0 Å². The van der Waals surface area contributed by atoms with Crippen LogP contribution in [0.3, 0.4) is 0 Å². The molecular weight excluding hydrogens is 187 g/mol. The third kappa shape index (κ3) is 5.88. The minimum absolute atomic E-state index is 0.559. The van der Waals surface area contributed by atoms with Crippen molar-refractivity contribution in [2.75, 3.05) is 25.2 Å². The molecule has 0 spiro atoms. The molecule has 1 aliphatic heterocycles. The van der Waals surface area contributed by atoms with Gasteiger partial charge in [0.05, 0.1) is 31.0 Å². The Morgan fingerprint density at radius 3 is 2.38 bits per heavy atom. The molecule has 0 bridgehead atoms. The normalized spacial score (nSPS) is 18.0. The molecule has 1 fully saturated rings. The van der Waals surface area contributed by atoms with E-state index in [2.05, 4.69) is 21.9 Å². The number of nitrogens with zero attached hydrogens (tertiary/aromatic N) is 1. The quantitative estimate of drug-likeness (QED) is 0.509. The Labute approximate surface area is 82.4 Å². The molecule has 13 heavy (non-hydrogen) atoms. The molecule has 0 atom stereocenters. The van der Waals surface area contributed by atoms with Crippen LogP contribution in [0.2, 0.25) is 0 Å². The van der Waals surface area contributed by atoms with E-state index in [1.54, 1.807) is 0 Å². The fourth-order valence-electron chi connectivity index (χ4n) is 1.64. The first-order valence-electron chi connectivity index (χ1n) is 4.59. The van der Waals surface area contributed by atoms with Gasteiger partial charge in [-0.05, 0) is 12.8 Å². The molecule has 0 aliphatic carbocycles. The second kappa shape index (κ2) is 8.32. The van der Waals surface area contributed by atoms with Gasteiger partial charge in [-0.3, -0.25) is 4.72 Å². The SMILES string of the molecule is C[P+]1(CCC#N)CCCC1.[2H]F.[B]=O. The van der Waals surface area contributed by atoms with Gasteiger partial charge in [-0.2, -0.15) is 5.26 Å². The fraction of sp³-hybridized carbons (Fsp3) is 0.875. The molecule has 0 saturated carbocycles. The average molecular weight is 204 g/mol. The molecule has 1 heterocycles. The van der Waals surface area contributed by atoms with Crippen LogP contribution in [-0.4, -0.2) is 34.3 Å². The summed E-state index contributed by atoms with van der Waals surface area (Å²) in [5.41, 5.74) is 0. The third-order valence-electron chi connectivity index (χ3n) is 2.41. The minimum atomic E-state index is -0.559. The van der Waals surface area contributed by atoms with Gasteiger partial charge >= 0.3 is 12.4 Å². The topological polar surface area (TPSA) is 40.9 Å². The van der Waals surface area contributed by atoms with Crippen molar-refractivity contribution >= 4 is 15.0 Å². The van der Waals surface area contributed by atoms with E-state index in [1.165, 1.54) is 31.3 Å². The summed E-state index contributed by atoms with van der Waals surface area (Å²) in [6.45, 7) is 2.43. The summed E-state index contributed by atoms with van der Waals surface area (Å²) < 4.78 is 20.8. The van der Waals surface area contributed by atoms with Gasteiger partial charge in [-0.1, -0.05) is 0 Å². The summed E-state index contributed by atoms with van der Waals surface area (Å²) >= 11 is 0. The number of rotatable bonds is 2. The van der Waals surface area contributed by atoms with Crippen molar-refractivity contribution in [2.45, 2.75) is 19.3 Å². The molecule has 0 aromatic heterocycles. The molecule has 1 aliphatic rings. The zero-order valence-corrected chi connectivity index (χ0v) is 8.90. The molecule has 1 saturated heterocycles. The van der Waals surface area contributed by atoms with E-state index in [0.717, 1.165) is 6.42 Å². The first-order chi connectivity index (χ1) is 6.77. The first kappa shape index (κ1) is 12.7. The van der Waals surface area contributed by atoms with Gasteiger partial charge in [-0.25, -0.2) is 0 Å². The van der Waals surface area contributed by atoms with Gasteiger partial charge in [0.25, 0.3) is 1.45 Å². The molecule has 5 heteroatoms. The first-order valence-corrected chi connectivity index (χ1v) is 7.00. The second-order valence-corrected chi connectivity index (χ2v) is 7.99. The Morgan fingerprint density at radius 1 is 1.54 bits per heavy atom. The van der Waals surface area contributed by atoms with E-state index in [0.29, 0.717) is 0 Å². The van der Waals surface area contributed by atoms with E-state index >= 15 is 0 Å². The Hall–Kier alpha value is -0.285. The number of halogens is 1. The molecule has 0 amide bonds. The molecule has 0 N–H and O–H groups in total. The van der Waals surface area contributed by atoms with Crippen molar-refractivity contribution in [3.05, 3.63) is 0 Å². The number of nitriles is 1. The molecule has 1 rings (SSSR count). The van der Waals surface area contributed by atoms with Crippen LogP contribution in [0.15, 0.2) is 0 Å². The van der Waals surface area contributed by atoms with Crippen molar-refractivity contribution in [1.82, 2.24) is 0 Å². The van der Waals surface area contributed by atoms with Crippen LogP contribution in [-0.2, 0) is 4.70 Å². The summed E-state index contributed by atoms with van der Waals surface area (Å²) in [4.78, 5) is 0. The summed E-state index contributed by atoms with van der Waals surface area (Å²) in [6.07, 6.45) is 7.78. The van der Waals surface area contributed by atoms with Gasteiger partial charge in [0.2, 0.25) is 0 Å². The summed E-state index contributed by atoms with van der Waals surface area (Å²) in [6, 6.07) is 2.25. The Morgan fingerprint density at radius 2 is 2.00 bits per heavy atom.